The molecule has 0 aliphatic carbocycles. The molecule has 0 saturated carbocycles. The fraction of sp³-hybridized carbons (Fsp3) is 0.600. The maximum Gasteiger partial charge on any atom is 0.161 e. The van der Waals surface area contributed by atoms with Crippen molar-refractivity contribution in [3.05, 3.63) is 23.8 Å². The Morgan fingerprint density at radius 2 is 1.95 bits per heavy atom. The van der Waals surface area contributed by atoms with E-state index in [0.717, 1.165) is 31.1 Å². The van der Waals surface area contributed by atoms with Crippen LogP contribution >= 0.6 is 12.4 Å². The van der Waals surface area contributed by atoms with Crippen molar-refractivity contribution in [3.8, 4) is 11.5 Å². The summed E-state index contributed by atoms with van der Waals surface area (Å²) in [6, 6.07) is 7.43. The van der Waals surface area contributed by atoms with Gasteiger partial charge in [-0.1, -0.05) is 6.07 Å². The van der Waals surface area contributed by atoms with Crippen molar-refractivity contribution in [2.24, 2.45) is 0 Å². The molecule has 1 saturated heterocycles. The first-order valence-electron chi connectivity index (χ1n) is 7.08. The molecule has 2 aliphatic rings. The zero-order valence-electron chi connectivity index (χ0n) is 12.1. The molecular formula is C15H23ClN2O2. The van der Waals surface area contributed by atoms with Gasteiger partial charge >= 0.3 is 0 Å². The molecule has 0 spiro atoms. The molecule has 0 amide bonds. The van der Waals surface area contributed by atoms with Crippen molar-refractivity contribution in [2.45, 2.75) is 32.5 Å². The zero-order valence-corrected chi connectivity index (χ0v) is 12.9. The second kappa shape index (κ2) is 6.66. The number of ether oxygens (including phenoxy) is 2. The average Bonchev–Trinajstić information content (AvgIpc) is 2.43. The first-order valence-corrected chi connectivity index (χ1v) is 7.08. The Balaban J connectivity index is 0.00000147. The largest absolute Gasteiger partial charge is 0.486 e. The number of hydrogen-bond acceptors (Lipinski definition) is 4. The number of piperazine rings is 1. The predicted molar refractivity (Wildman–Crippen MR) is 82.0 cm³/mol. The van der Waals surface area contributed by atoms with E-state index in [1.165, 1.54) is 5.56 Å². The SMILES string of the molecule is CC1CN(Cc2ccc3c(c2)OCCO3)C(C)CN1.Cl. The molecular weight excluding hydrogens is 276 g/mol. The third-order valence-corrected chi connectivity index (χ3v) is 3.89. The Labute approximate surface area is 126 Å². The van der Waals surface area contributed by atoms with Crippen molar-refractivity contribution < 1.29 is 9.47 Å². The van der Waals surface area contributed by atoms with Crippen molar-refractivity contribution in [2.75, 3.05) is 26.3 Å². The third-order valence-electron chi connectivity index (χ3n) is 3.89. The molecule has 1 fully saturated rings. The minimum Gasteiger partial charge on any atom is -0.486 e. The molecule has 2 atom stereocenters. The van der Waals surface area contributed by atoms with Crippen LogP contribution in [-0.4, -0.2) is 43.3 Å². The lowest BCUT2D eigenvalue weighted by Gasteiger charge is -2.37. The topological polar surface area (TPSA) is 33.7 Å². The standard InChI is InChI=1S/C15H22N2O2.ClH/c1-11-9-17(12(2)8-16-11)10-13-3-4-14-15(7-13)19-6-5-18-14;/h3-4,7,11-12,16H,5-6,8-10H2,1-2H3;1H. The monoisotopic (exact) mass is 298 g/mol. The van der Waals surface area contributed by atoms with Crippen LogP contribution in [0, 0.1) is 0 Å². The molecule has 1 aromatic carbocycles. The number of rotatable bonds is 2. The lowest BCUT2D eigenvalue weighted by molar-refractivity contribution is 0.138. The molecule has 1 N–H and O–H groups in total. The second-order valence-corrected chi connectivity index (χ2v) is 5.57. The lowest BCUT2D eigenvalue weighted by atomic mass is 10.1. The van der Waals surface area contributed by atoms with E-state index in [-0.39, 0.29) is 12.4 Å². The Kier molecular flexibility index (Phi) is 5.13. The normalized spacial score (nSPS) is 25.9. The number of halogens is 1. The van der Waals surface area contributed by atoms with E-state index in [1.807, 2.05) is 6.07 Å². The maximum atomic E-state index is 5.65. The molecule has 5 heteroatoms. The van der Waals surface area contributed by atoms with Gasteiger partial charge in [-0.15, -0.1) is 12.4 Å². The van der Waals surface area contributed by atoms with E-state index in [4.69, 9.17) is 9.47 Å². The fourth-order valence-electron chi connectivity index (χ4n) is 2.74. The van der Waals surface area contributed by atoms with Crippen LogP contribution in [0.15, 0.2) is 18.2 Å². The summed E-state index contributed by atoms with van der Waals surface area (Å²) in [6.45, 7) is 8.95. The van der Waals surface area contributed by atoms with Gasteiger partial charge in [0.25, 0.3) is 0 Å². The highest BCUT2D eigenvalue weighted by Crippen LogP contribution is 2.31. The van der Waals surface area contributed by atoms with E-state index in [9.17, 15) is 0 Å². The van der Waals surface area contributed by atoms with Gasteiger partial charge in [0.05, 0.1) is 0 Å². The first-order chi connectivity index (χ1) is 9.22. The van der Waals surface area contributed by atoms with E-state index in [1.54, 1.807) is 0 Å². The average molecular weight is 299 g/mol. The van der Waals surface area contributed by atoms with Gasteiger partial charge in [0.1, 0.15) is 13.2 Å². The maximum absolute atomic E-state index is 5.65. The molecule has 0 aromatic heterocycles. The van der Waals surface area contributed by atoms with E-state index >= 15 is 0 Å². The van der Waals surface area contributed by atoms with Gasteiger partial charge in [0, 0.05) is 31.7 Å². The van der Waals surface area contributed by atoms with Gasteiger partial charge in [0.2, 0.25) is 0 Å². The quantitative estimate of drug-likeness (QED) is 0.906. The summed E-state index contributed by atoms with van der Waals surface area (Å²) in [5.74, 6) is 1.76. The lowest BCUT2D eigenvalue weighted by Crippen LogP contribution is -2.53. The summed E-state index contributed by atoms with van der Waals surface area (Å²) in [6.07, 6.45) is 0. The van der Waals surface area contributed by atoms with Crippen LogP contribution in [0.5, 0.6) is 11.5 Å². The van der Waals surface area contributed by atoms with Gasteiger partial charge in [-0.25, -0.2) is 0 Å². The van der Waals surface area contributed by atoms with Crippen molar-refractivity contribution >= 4 is 12.4 Å². The zero-order chi connectivity index (χ0) is 13.2. The Bertz CT molecular complexity index is 455. The van der Waals surface area contributed by atoms with Crippen LogP contribution in [0.1, 0.15) is 19.4 Å². The summed E-state index contributed by atoms with van der Waals surface area (Å²) < 4.78 is 11.2. The summed E-state index contributed by atoms with van der Waals surface area (Å²) in [5.41, 5.74) is 1.30. The molecule has 112 valence electrons. The molecule has 2 heterocycles. The molecule has 1 aromatic rings. The number of hydrogen-bond donors (Lipinski definition) is 1. The van der Waals surface area contributed by atoms with Crippen molar-refractivity contribution in [1.29, 1.82) is 0 Å². The van der Waals surface area contributed by atoms with Crippen LogP contribution < -0.4 is 14.8 Å². The molecule has 2 aliphatic heterocycles. The smallest absolute Gasteiger partial charge is 0.161 e. The van der Waals surface area contributed by atoms with Crippen LogP contribution in [0.25, 0.3) is 0 Å². The number of nitrogens with one attached hydrogen (secondary N) is 1. The molecule has 0 radical (unpaired) electrons. The molecule has 3 rings (SSSR count). The molecule has 20 heavy (non-hydrogen) atoms. The third kappa shape index (κ3) is 3.37. The van der Waals surface area contributed by atoms with E-state index in [0.29, 0.717) is 25.3 Å². The number of nitrogens with zero attached hydrogens (tertiary/aromatic N) is 1. The Morgan fingerprint density at radius 3 is 2.75 bits per heavy atom. The van der Waals surface area contributed by atoms with Crippen LogP contribution in [0.4, 0.5) is 0 Å². The fourth-order valence-corrected chi connectivity index (χ4v) is 2.74. The minimum absolute atomic E-state index is 0. The van der Waals surface area contributed by atoms with Gasteiger partial charge in [-0.3, -0.25) is 4.90 Å². The van der Waals surface area contributed by atoms with Crippen molar-refractivity contribution in [1.82, 2.24) is 10.2 Å². The predicted octanol–water partition coefficient (Wildman–Crippen LogP) is 2.06. The molecule has 2 unspecified atom stereocenters. The number of benzene rings is 1. The molecule has 0 bridgehead atoms. The summed E-state index contributed by atoms with van der Waals surface area (Å²) >= 11 is 0. The van der Waals surface area contributed by atoms with Gasteiger partial charge in [0.15, 0.2) is 11.5 Å². The summed E-state index contributed by atoms with van der Waals surface area (Å²) in [4.78, 5) is 2.52. The van der Waals surface area contributed by atoms with Crippen LogP contribution in [0.3, 0.4) is 0 Å². The van der Waals surface area contributed by atoms with Gasteiger partial charge < -0.3 is 14.8 Å². The summed E-state index contributed by atoms with van der Waals surface area (Å²) in [5, 5.41) is 3.51. The van der Waals surface area contributed by atoms with Crippen molar-refractivity contribution in [3.63, 3.8) is 0 Å². The molecule has 4 nitrogen and oxygen atoms in total. The Morgan fingerprint density at radius 1 is 1.20 bits per heavy atom. The highest BCUT2D eigenvalue weighted by atomic mass is 35.5. The highest BCUT2D eigenvalue weighted by Gasteiger charge is 2.22. The number of fused-ring (bicyclic) bond motifs is 1. The summed E-state index contributed by atoms with van der Waals surface area (Å²) in [7, 11) is 0. The van der Waals surface area contributed by atoms with Crippen LogP contribution in [0.2, 0.25) is 0 Å². The van der Waals surface area contributed by atoms with Gasteiger partial charge in [-0.05, 0) is 31.5 Å². The van der Waals surface area contributed by atoms with E-state index < -0.39 is 0 Å². The van der Waals surface area contributed by atoms with Crippen LogP contribution in [-0.2, 0) is 6.54 Å². The highest BCUT2D eigenvalue weighted by molar-refractivity contribution is 5.85. The Hall–Kier alpha value is -0.970. The first kappa shape index (κ1) is 15.4. The van der Waals surface area contributed by atoms with Gasteiger partial charge in [-0.2, -0.15) is 0 Å². The second-order valence-electron chi connectivity index (χ2n) is 5.57. The van der Waals surface area contributed by atoms with E-state index in [2.05, 4.69) is 36.2 Å². The minimum atomic E-state index is 0.